The molecule has 2 fully saturated rings. The van der Waals surface area contributed by atoms with Gasteiger partial charge in [0.1, 0.15) is 10.4 Å². The van der Waals surface area contributed by atoms with E-state index in [4.69, 9.17) is 23.2 Å². The van der Waals surface area contributed by atoms with Crippen LogP contribution in [0.25, 0.3) is 0 Å². The largest absolute Gasteiger partial charge is 0.468 e. The minimum atomic E-state index is -0.704. The van der Waals surface area contributed by atoms with Gasteiger partial charge in [0, 0.05) is 18.4 Å². The van der Waals surface area contributed by atoms with Gasteiger partial charge in [0.25, 0.3) is 0 Å². The molecule has 1 saturated carbocycles. The van der Waals surface area contributed by atoms with E-state index in [0.29, 0.717) is 6.54 Å². The zero-order chi connectivity index (χ0) is 8.93. The molecule has 0 radical (unpaired) electrons. The standard InChI is InChI=1S/C7H9Cl2NO2/c1-12-6(11)5-4-3(2-10-5)7(4,8)9/h3-5,10H,2H2,1H3. The highest BCUT2D eigenvalue weighted by Crippen LogP contribution is 2.63. The number of halogens is 2. The molecule has 3 atom stereocenters. The molecule has 0 aromatic rings. The number of alkyl halides is 2. The summed E-state index contributed by atoms with van der Waals surface area (Å²) in [5.41, 5.74) is 0. The van der Waals surface area contributed by atoms with Crippen LogP contribution in [0.1, 0.15) is 0 Å². The molecule has 3 unspecified atom stereocenters. The fourth-order valence-electron chi connectivity index (χ4n) is 1.87. The highest BCUT2D eigenvalue weighted by molar-refractivity contribution is 6.51. The van der Waals surface area contributed by atoms with Crippen molar-refractivity contribution in [1.29, 1.82) is 0 Å². The second-order valence-corrected chi connectivity index (χ2v) is 4.66. The molecule has 1 saturated heterocycles. The average Bonchev–Trinajstić information content (AvgIpc) is 2.52. The van der Waals surface area contributed by atoms with E-state index in [1.165, 1.54) is 7.11 Å². The molecule has 2 aliphatic rings. The molecule has 0 aromatic carbocycles. The van der Waals surface area contributed by atoms with Crippen molar-refractivity contribution in [1.82, 2.24) is 5.32 Å². The van der Waals surface area contributed by atoms with Gasteiger partial charge in [0.2, 0.25) is 0 Å². The highest BCUT2D eigenvalue weighted by atomic mass is 35.5. The number of hydrogen-bond acceptors (Lipinski definition) is 3. The normalized spacial score (nSPS) is 42.1. The van der Waals surface area contributed by atoms with Crippen molar-refractivity contribution in [2.24, 2.45) is 11.8 Å². The third kappa shape index (κ3) is 0.966. The van der Waals surface area contributed by atoms with Gasteiger partial charge in [-0.3, -0.25) is 4.79 Å². The van der Waals surface area contributed by atoms with Gasteiger partial charge in [-0.15, -0.1) is 23.2 Å². The van der Waals surface area contributed by atoms with Crippen LogP contribution < -0.4 is 5.32 Å². The number of rotatable bonds is 1. The van der Waals surface area contributed by atoms with Crippen LogP contribution in [0.2, 0.25) is 0 Å². The lowest BCUT2D eigenvalue weighted by Crippen LogP contribution is -2.38. The number of carbonyl (C=O) groups excluding carboxylic acids is 1. The van der Waals surface area contributed by atoms with Gasteiger partial charge in [-0.2, -0.15) is 0 Å². The Morgan fingerprint density at radius 1 is 1.67 bits per heavy atom. The van der Waals surface area contributed by atoms with Crippen LogP contribution in [0.5, 0.6) is 0 Å². The van der Waals surface area contributed by atoms with E-state index in [1.54, 1.807) is 0 Å². The lowest BCUT2D eigenvalue weighted by atomic mass is 10.2. The summed E-state index contributed by atoms with van der Waals surface area (Å²) in [4.78, 5) is 11.1. The van der Waals surface area contributed by atoms with Gasteiger partial charge in [0.05, 0.1) is 7.11 Å². The lowest BCUT2D eigenvalue weighted by molar-refractivity contribution is -0.143. The van der Waals surface area contributed by atoms with Crippen LogP contribution in [-0.2, 0) is 9.53 Å². The van der Waals surface area contributed by atoms with Gasteiger partial charge in [-0.25, -0.2) is 0 Å². The molecule has 0 aromatic heterocycles. The maximum Gasteiger partial charge on any atom is 0.323 e. The Kier molecular flexibility index (Phi) is 1.79. The number of esters is 1. The second kappa shape index (κ2) is 2.50. The smallest absolute Gasteiger partial charge is 0.323 e. The Hall–Kier alpha value is 0.01000. The van der Waals surface area contributed by atoms with E-state index in [0.717, 1.165) is 0 Å². The van der Waals surface area contributed by atoms with Crippen LogP contribution in [-0.4, -0.2) is 30.0 Å². The molecule has 1 aliphatic heterocycles. The van der Waals surface area contributed by atoms with Crippen molar-refractivity contribution in [2.75, 3.05) is 13.7 Å². The molecule has 68 valence electrons. The molecular weight excluding hydrogens is 201 g/mol. The number of carbonyl (C=O) groups is 1. The van der Waals surface area contributed by atoms with Crippen molar-refractivity contribution in [2.45, 2.75) is 10.4 Å². The third-order valence-corrected chi connectivity index (χ3v) is 3.70. The summed E-state index contributed by atoms with van der Waals surface area (Å²) >= 11 is 11.8. The summed E-state index contributed by atoms with van der Waals surface area (Å²) in [6.45, 7) is 0.706. The fraction of sp³-hybridized carbons (Fsp3) is 0.857. The van der Waals surface area contributed by atoms with E-state index in [9.17, 15) is 4.79 Å². The molecule has 1 N–H and O–H groups in total. The van der Waals surface area contributed by atoms with Gasteiger partial charge in [-0.05, 0) is 0 Å². The van der Waals surface area contributed by atoms with E-state index in [2.05, 4.69) is 10.1 Å². The predicted octanol–water partition coefficient (Wildman–Crippen LogP) is 0.551. The summed E-state index contributed by atoms with van der Waals surface area (Å²) < 4.78 is 3.90. The number of piperidine rings is 1. The summed E-state index contributed by atoms with van der Waals surface area (Å²) in [7, 11) is 1.36. The molecular formula is C7H9Cl2NO2. The molecule has 1 heterocycles. The summed E-state index contributed by atoms with van der Waals surface area (Å²) in [6.07, 6.45) is 0. The first-order chi connectivity index (χ1) is 5.59. The van der Waals surface area contributed by atoms with E-state index in [-0.39, 0.29) is 23.8 Å². The molecule has 2 rings (SSSR count). The van der Waals surface area contributed by atoms with Crippen molar-refractivity contribution in [3.8, 4) is 0 Å². The van der Waals surface area contributed by atoms with Gasteiger partial charge in [0.15, 0.2) is 0 Å². The number of ether oxygens (including phenoxy) is 1. The van der Waals surface area contributed by atoms with Crippen LogP contribution in [0.3, 0.4) is 0 Å². The third-order valence-electron chi connectivity index (χ3n) is 2.64. The Morgan fingerprint density at radius 3 is 2.75 bits per heavy atom. The zero-order valence-electron chi connectivity index (χ0n) is 6.51. The zero-order valence-corrected chi connectivity index (χ0v) is 8.02. The van der Waals surface area contributed by atoms with Crippen LogP contribution in [0.4, 0.5) is 0 Å². The summed E-state index contributed by atoms with van der Waals surface area (Å²) in [5, 5.41) is 3.02. The SMILES string of the molecule is COC(=O)C1NCC2C1C2(Cl)Cl. The number of hydrogen-bond donors (Lipinski definition) is 1. The number of fused-ring (bicyclic) bond motifs is 1. The molecule has 0 bridgehead atoms. The van der Waals surface area contributed by atoms with Crippen molar-refractivity contribution < 1.29 is 9.53 Å². The minimum Gasteiger partial charge on any atom is -0.468 e. The molecule has 0 amide bonds. The van der Waals surface area contributed by atoms with Gasteiger partial charge < -0.3 is 10.1 Å². The molecule has 12 heavy (non-hydrogen) atoms. The summed E-state index contributed by atoms with van der Waals surface area (Å²) in [5.74, 6) is -0.0242. The summed E-state index contributed by atoms with van der Waals surface area (Å²) in [6, 6.07) is -0.310. The maximum absolute atomic E-state index is 11.1. The average molecular weight is 210 g/mol. The Balaban J connectivity index is 2.08. The topological polar surface area (TPSA) is 38.3 Å². The second-order valence-electron chi connectivity index (χ2n) is 3.22. The van der Waals surface area contributed by atoms with Crippen molar-refractivity contribution in [3.63, 3.8) is 0 Å². The number of methoxy groups -OCH3 is 1. The van der Waals surface area contributed by atoms with Gasteiger partial charge >= 0.3 is 5.97 Å². The first kappa shape index (κ1) is 8.60. The lowest BCUT2D eigenvalue weighted by Gasteiger charge is -2.13. The fourth-order valence-corrected chi connectivity index (χ4v) is 2.73. The van der Waals surface area contributed by atoms with Crippen molar-refractivity contribution in [3.05, 3.63) is 0 Å². The first-order valence-electron chi connectivity index (χ1n) is 3.78. The Bertz CT molecular complexity index is 231. The molecule has 0 spiro atoms. The quantitative estimate of drug-likeness (QED) is 0.507. The Morgan fingerprint density at radius 2 is 2.33 bits per heavy atom. The van der Waals surface area contributed by atoms with E-state index >= 15 is 0 Å². The molecule has 1 aliphatic carbocycles. The maximum atomic E-state index is 11.1. The van der Waals surface area contributed by atoms with Crippen molar-refractivity contribution >= 4 is 29.2 Å². The van der Waals surface area contributed by atoms with E-state index in [1.807, 2.05) is 0 Å². The van der Waals surface area contributed by atoms with Crippen LogP contribution in [0.15, 0.2) is 0 Å². The number of nitrogens with one attached hydrogen (secondary N) is 1. The Labute approximate surface area is 80.3 Å². The predicted molar refractivity (Wildman–Crippen MR) is 45.2 cm³/mol. The molecule has 5 heteroatoms. The van der Waals surface area contributed by atoms with Gasteiger partial charge in [-0.1, -0.05) is 0 Å². The minimum absolute atomic E-state index is 0.0354. The monoisotopic (exact) mass is 209 g/mol. The van der Waals surface area contributed by atoms with E-state index < -0.39 is 4.33 Å². The van der Waals surface area contributed by atoms with Crippen LogP contribution in [0, 0.1) is 11.8 Å². The first-order valence-corrected chi connectivity index (χ1v) is 4.53. The highest BCUT2D eigenvalue weighted by Gasteiger charge is 2.70. The molecule has 3 nitrogen and oxygen atoms in total. The van der Waals surface area contributed by atoms with Crippen LogP contribution >= 0.6 is 23.2 Å².